The largest absolute Gasteiger partial charge is 0.463 e. The second-order valence-corrected chi connectivity index (χ2v) is 3.58. The molecule has 0 spiro atoms. The summed E-state index contributed by atoms with van der Waals surface area (Å²) in [5.41, 5.74) is -0.0813. The molecular formula is C10H17NO4. The second-order valence-electron chi connectivity index (χ2n) is 3.58. The van der Waals surface area contributed by atoms with E-state index in [0.717, 1.165) is 6.08 Å². The van der Waals surface area contributed by atoms with Crippen LogP contribution in [0.25, 0.3) is 0 Å². The molecule has 0 aliphatic rings. The van der Waals surface area contributed by atoms with E-state index >= 15 is 0 Å². The Labute approximate surface area is 89.3 Å². The first kappa shape index (κ1) is 13.6. The summed E-state index contributed by atoms with van der Waals surface area (Å²) >= 11 is 0. The number of carbonyl (C=O) groups excluding carboxylic acids is 1. The number of rotatable bonds is 6. The summed E-state index contributed by atoms with van der Waals surface area (Å²) in [6.45, 7) is 5.83. The molecule has 0 atom stereocenters. The number of hydrogen-bond donors (Lipinski definition) is 0. The van der Waals surface area contributed by atoms with Crippen LogP contribution in [0.4, 0.5) is 0 Å². The molecule has 5 heteroatoms. The van der Waals surface area contributed by atoms with Crippen LogP contribution in [0.1, 0.15) is 33.6 Å². The first-order chi connectivity index (χ1) is 6.97. The minimum Gasteiger partial charge on any atom is -0.463 e. The van der Waals surface area contributed by atoms with Crippen molar-refractivity contribution in [2.45, 2.75) is 33.6 Å². The highest BCUT2D eigenvalue weighted by Gasteiger charge is 2.14. The SMILES string of the molecule is CCOC(=O)/C=C(\CCC(C)C)[N+](=O)[O-]. The monoisotopic (exact) mass is 215 g/mol. The molecular weight excluding hydrogens is 198 g/mol. The summed E-state index contributed by atoms with van der Waals surface area (Å²) in [4.78, 5) is 21.1. The fraction of sp³-hybridized carbons (Fsp3) is 0.700. The second kappa shape index (κ2) is 6.98. The van der Waals surface area contributed by atoms with Crippen molar-refractivity contribution in [3.8, 4) is 0 Å². The number of nitro groups is 1. The lowest BCUT2D eigenvalue weighted by molar-refractivity contribution is -0.428. The molecule has 0 bridgehead atoms. The van der Waals surface area contributed by atoms with E-state index in [0.29, 0.717) is 18.8 Å². The van der Waals surface area contributed by atoms with Gasteiger partial charge < -0.3 is 4.74 Å². The van der Waals surface area contributed by atoms with Crippen LogP contribution in [-0.4, -0.2) is 17.5 Å². The molecule has 0 amide bonds. The summed E-state index contributed by atoms with van der Waals surface area (Å²) in [6.07, 6.45) is 1.95. The third kappa shape index (κ3) is 6.65. The number of esters is 1. The van der Waals surface area contributed by atoms with E-state index < -0.39 is 10.9 Å². The average Bonchev–Trinajstić information content (AvgIpc) is 2.11. The van der Waals surface area contributed by atoms with Gasteiger partial charge in [-0.1, -0.05) is 13.8 Å². The number of nitrogens with zero attached hydrogens (tertiary/aromatic N) is 1. The normalized spacial score (nSPS) is 11.6. The van der Waals surface area contributed by atoms with Crippen molar-refractivity contribution in [2.75, 3.05) is 6.61 Å². The van der Waals surface area contributed by atoms with Gasteiger partial charge in [0.2, 0.25) is 0 Å². The van der Waals surface area contributed by atoms with Crippen LogP contribution in [0, 0.1) is 16.0 Å². The van der Waals surface area contributed by atoms with Gasteiger partial charge in [-0.2, -0.15) is 0 Å². The van der Waals surface area contributed by atoms with Crippen LogP contribution < -0.4 is 0 Å². The lowest BCUT2D eigenvalue weighted by Crippen LogP contribution is -2.07. The van der Waals surface area contributed by atoms with Crippen LogP contribution in [0.2, 0.25) is 0 Å². The molecule has 0 aromatic heterocycles. The molecule has 0 aromatic rings. The van der Waals surface area contributed by atoms with Crippen molar-refractivity contribution in [3.63, 3.8) is 0 Å². The molecule has 0 rings (SSSR count). The molecule has 0 N–H and O–H groups in total. The standard InChI is InChI=1S/C10H17NO4/c1-4-15-10(12)7-9(11(13)14)6-5-8(2)3/h7-8H,4-6H2,1-3H3/b9-7+. The Bertz CT molecular complexity index is 258. The lowest BCUT2D eigenvalue weighted by Gasteiger charge is -2.02. The minimum absolute atomic E-state index is 0.0813. The molecule has 0 heterocycles. The highest BCUT2D eigenvalue weighted by atomic mass is 16.6. The molecule has 0 aromatic carbocycles. The summed E-state index contributed by atoms with van der Waals surface area (Å²) in [5, 5.41) is 10.6. The Hall–Kier alpha value is -1.39. The van der Waals surface area contributed by atoms with Crippen molar-refractivity contribution in [2.24, 2.45) is 5.92 Å². The maximum absolute atomic E-state index is 11.0. The van der Waals surface area contributed by atoms with Crippen LogP contribution in [0.5, 0.6) is 0 Å². The first-order valence-electron chi connectivity index (χ1n) is 4.99. The van der Waals surface area contributed by atoms with Crippen LogP contribution in [0.15, 0.2) is 11.8 Å². The molecule has 0 fully saturated rings. The minimum atomic E-state index is -0.645. The Morgan fingerprint density at radius 2 is 2.13 bits per heavy atom. The van der Waals surface area contributed by atoms with Crippen molar-refractivity contribution in [1.82, 2.24) is 0 Å². The number of ether oxygens (including phenoxy) is 1. The predicted octanol–water partition coefficient (Wildman–Crippen LogP) is 2.15. The molecule has 15 heavy (non-hydrogen) atoms. The average molecular weight is 215 g/mol. The van der Waals surface area contributed by atoms with E-state index in [9.17, 15) is 14.9 Å². The number of allylic oxidation sites excluding steroid dienone is 1. The third-order valence-electron chi connectivity index (χ3n) is 1.78. The Kier molecular flexibility index (Phi) is 6.33. The van der Waals surface area contributed by atoms with Crippen LogP contribution in [0.3, 0.4) is 0 Å². The van der Waals surface area contributed by atoms with E-state index in [1.54, 1.807) is 6.92 Å². The molecule has 0 radical (unpaired) electrons. The zero-order valence-corrected chi connectivity index (χ0v) is 9.36. The Morgan fingerprint density at radius 1 is 1.53 bits per heavy atom. The van der Waals surface area contributed by atoms with E-state index in [1.165, 1.54) is 0 Å². The van der Waals surface area contributed by atoms with E-state index in [4.69, 9.17) is 0 Å². The molecule has 0 saturated heterocycles. The fourth-order valence-corrected chi connectivity index (χ4v) is 0.973. The molecule has 0 unspecified atom stereocenters. The van der Waals surface area contributed by atoms with Gasteiger partial charge in [-0.15, -0.1) is 0 Å². The summed E-state index contributed by atoms with van der Waals surface area (Å²) in [7, 11) is 0. The quantitative estimate of drug-likeness (QED) is 0.294. The van der Waals surface area contributed by atoms with Gasteiger partial charge in [0.25, 0.3) is 5.70 Å². The molecule has 0 saturated carbocycles. The van der Waals surface area contributed by atoms with E-state index in [-0.39, 0.29) is 12.3 Å². The molecule has 0 aliphatic carbocycles. The first-order valence-corrected chi connectivity index (χ1v) is 4.99. The van der Waals surface area contributed by atoms with Gasteiger partial charge in [0.05, 0.1) is 17.6 Å². The van der Waals surface area contributed by atoms with E-state index in [1.807, 2.05) is 13.8 Å². The van der Waals surface area contributed by atoms with Gasteiger partial charge in [-0.3, -0.25) is 10.1 Å². The van der Waals surface area contributed by atoms with E-state index in [2.05, 4.69) is 4.74 Å². The van der Waals surface area contributed by atoms with Gasteiger partial charge >= 0.3 is 5.97 Å². The van der Waals surface area contributed by atoms with Crippen molar-refractivity contribution in [1.29, 1.82) is 0 Å². The summed E-state index contributed by atoms with van der Waals surface area (Å²) in [6, 6.07) is 0. The number of carbonyl (C=O) groups is 1. The lowest BCUT2D eigenvalue weighted by atomic mass is 10.1. The van der Waals surface area contributed by atoms with Crippen molar-refractivity contribution < 1.29 is 14.5 Å². The Morgan fingerprint density at radius 3 is 2.53 bits per heavy atom. The predicted molar refractivity (Wildman–Crippen MR) is 55.8 cm³/mol. The van der Waals surface area contributed by atoms with Gasteiger partial charge in [0.1, 0.15) is 0 Å². The summed E-state index contributed by atoms with van der Waals surface area (Å²) < 4.78 is 4.61. The Balaban J connectivity index is 4.38. The van der Waals surface area contributed by atoms with Crippen molar-refractivity contribution >= 4 is 5.97 Å². The maximum Gasteiger partial charge on any atom is 0.337 e. The smallest absolute Gasteiger partial charge is 0.337 e. The van der Waals surface area contributed by atoms with Crippen LogP contribution in [-0.2, 0) is 9.53 Å². The zero-order valence-electron chi connectivity index (χ0n) is 9.36. The molecule has 86 valence electrons. The van der Waals surface area contributed by atoms with Crippen LogP contribution >= 0.6 is 0 Å². The maximum atomic E-state index is 11.0. The zero-order chi connectivity index (χ0) is 11.8. The third-order valence-corrected chi connectivity index (χ3v) is 1.78. The molecule has 5 nitrogen and oxygen atoms in total. The highest BCUT2D eigenvalue weighted by Crippen LogP contribution is 2.12. The highest BCUT2D eigenvalue weighted by molar-refractivity contribution is 5.82. The number of hydrogen-bond acceptors (Lipinski definition) is 4. The van der Waals surface area contributed by atoms with Gasteiger partial charge in [-0.05, 0) is 19.3 Å². The van der Waals surface area contributed by atoms with Crippen molar-refractivity contribution in [3.05, 3.63) is 21.9 Å². The fourth-order valence-electron chi connectivity index (χ4n) is 0.973. The topological polar surface area (TPSA) is 69.4 Å². The van der Waals surface area contributed by atoms with Gasteiger partial charge in [0.15, 0.2) is 0 Å². The molecule has 0 aliphatic heterocycles. The summed E-state index contributed by atoms with van der Waals surface area (Å²) in [5.74, 6) is -0.275. The van der Waals surface area contributed by atoms with Gasteiger partial charge in [0, 0.05) is 6.42 Å². The van der Waals surface area contributed by atoms with Gasteiger partial charge in [-0.25, -0.2) is 4.79 Å².